The number of carbonyl (C=O) groups is 1. The lowest BCUT2D eigenvalue weighted by Gasteiger charge is -2.32. The first kappa shape index (κ1) is 13.9. The third-order valence-corrected chi connectivity index (χ3v) is 3.64. The number of hydrogen-bond acceptors (Lipinski definition) is 3. The van der Waals surface area contributed by atoms with Gasteiger partial charge in [0, 0.05) is 18.2 Å². The van der Waals surface area contributed by atoms with Crippen molar-refractivity contribution in [1.29, 1.82) is 0 Å². The van der Waals surface area contributed by atoms with Crippen LogP contribution >= 0.6 is 0 Å². The van der Waals surface area contributed by atoms with Crippen LogP contribution in [-0.2, 0) is 0 Å². The highest BCUT2D eigenvalue weighted by Gasteiger charge is 2.20. The maximum atomic E-state index is 12.1. The highest BCUT2D eigenvalue weighted by Crippen LogP contribution is 2.13. The summed E-state index contributed by atoms with van der Waals surface area (Å²) in [5.41, 5.74) is 0.689. The van der Waals surface area contributed by atoms with E-state index in [0.29, 0.717) is 5.56 Å². The Labute approximate surface area is 114 Å². The van der Waals surface area contributed by atoms with Crippen LogP contribution in [0.1, 0.15) is 30.1 Å². The molecular weight excluding hydrogens is 240 g/mol. The molecule has 1 aromatic carbocycles. The van der Waals surface area contributed by atoms with E-state index < -0.39 is 0 Å². The minimum Gasteiger partial charge on any atom is -0.497 e. The molecule has 1 aliphatic rings. The van der Waals surface area contributed by atoms with Crippen LogP contribution in [0.3, 0.4) is 0 Å². The molecule has 2 rings (SSSR count). The van der Waals surface area contributed by atoms with Crippen molar-refractivity contribution < 1.29 is 9.53 Å². The first-order valence-electron chi connectivity index (χ1n) is 6.90. The molecule has 1 fully saturated rings. The van der Waals surface area contributed by atoms with Gasteiger partial charge >= 0.3 is 0 Å². The van der Waals surface area contributed by atoms with E-state index in [1.807, 2.05) is 12.1 Å². The predicted octanol–water partition coefficient (Wildman–Crippen LogP) is 1.91. The van der Waals surface area contributed by atoms with Gasteiger partial charge in [-0.1, -0.05) is 6.92 Å². The topological polar surface area (TPSA) is 41.6 Å². The summed E-state index contributed by atoms with van der Waals surface area (Å²) >= 11 is 0. The van der Waals surface area contributed by atoms with Gasteiger partial charge in [-0.3, -0.25) is 4.79 Å². The Hall–Kier alpha value is -1.55. The molecule has 1 aromatic rings. The smallest absolute Gasteiger partial charge is 0.251 e. The summed E-state index contributed by atoms with van der Waals surface area (Å²) in [6.07, 6.45) is 2.22. The molecule has 0 radical (unpaired) electrons. The van der Waals surface area contributed by atoms with Crippen molar-refractivity contribution in [3.63, 3.8) is 0 Å². The van der Waals surface area contributed by atoms with Gasteiger partial charge in [0.05, 0.1) is 7.11 Å². The summed E-state index contributed by atoms with van der Waals surface area (Å²) in [4.78, 5) is 14.5. The Balaban J connectivity index is 1.92. The number of hydrogen-bond donors (Lipinski definition) is 1. The van der Waals surface area contributed by atoms with Crippen LogP contribution in [0, 0.1) is 0 Å². The number of benzene rings is 1. The monoisotopic (exact) mass is 262 g/mol. The standard InChI is InChI=1S/C15H22N2O2/c1-3-17-10-4-5-13(11-17)16-15(18)12-6-8-14(19-2)9-7-12/h6-9,13H,3-5,10-11H2,1-2H3,(H,16,18). The van der Waals surface area contributed by atoms with E-state index in [0.717, 1.165) is 38.2 Å². The number of nitrogens with one attached hydrogen (secondary N) is 1. The highest BCUT2D eigenvalue weighted by molar-refractivity contribution is 5.94. The first-order chi connectivity index (χ1) is 9.22. The number of rotatable bonds is 4. The normalized spacial score (nSPS) is 20.0. The van der Waals surface area contributed by atoms with Crippen molar-refractivity contribution in [3.8, 4) is 5.75 Å². The first-order valence-corrected chi connectivity index (χ1v) is 6.90. The number of likely N-dealkylation sites (tertiary alicyclic amines) is 1. The molecule has 19 heavy (non-hydrogen) atoms. The summed E-state index contributed by atoms with van der Waals surface area (Å²) in [7, 11) is 1.62. The van der Waals surface area contributed by atoms with Crippen LogP contribution in [0.15, 0.2) is 24.3 Å². The number of likely N-dealkylation sites (N-methyl/N-ethyl adjacent to an activating group) is 1. The fourth-order valence-electron chi connectivity index (χ4n) is 2.47. The zero-order valence-corrected chi connectivity index (χ0v) is 11.7. The van der Waals surface area contributed by atoms with Crippen LogP contribution < -0.4 is 10.1 Å². The van der Waals surface area contributed by atoms with Crippen LogP contribution in [0.4, 0.5) is 0 Å². The van der Waals surface area contributed by atoms with E-state index in [2.05, 4.69) is 17.1 Å². The van der Waals surface area contributed by atoms with E-state index in [1.165, 1.54) is 0 Å². The Bertz CT molecular complexity index is 417. The number of ether oxygens (including phenoxy) is 1. The summed E-state index contributed by atoms with van der Waals surface area (Å²) in [6, 6.07) is 7.49. The lowest BCUT2D eigenvalue weighted by Crippen LogP contribution is -2.47. The third-order valence-electron chi connectivity index (χ3n) is 3.64. The number of carbonyl (C=O) groups excluding carboxylic acids is 1. The number of methoxy groups -OCH3 is 1. The minimum atomic E-state index is 0.00519. The van der Waals surface area contributed by atoms with Gasteiger partial charge in [-0.05, 0) is 50.2 Å². The van der Waals surface area contributed by atoms with E-state index in [4.69, 9.17) is 4.74 Å². The van der Waals surface area contributed by atoms with Gasteiger partial charge in [-0.2, -0.15) is 0 Å². The molecule has 0 bridgehead atoms. The Morgan fingerprint density at radius 3 is 2.79 bits per heavy atom. The Morgan fingerprint density at radius 1 is 1.42 bits per heavy atom. The Kier molecular flexibility index (Phi) is 4.80. The molecule has 4 nitrogen and oxygen atoms in total. The maximum absolute atomic E-state index is 12.1. The molecule has 1 unspecified atom stereocenters. The lowest BCUT2D eigenvalue weighted by atomic mass is 10.1. The van der Waals surface area contributed by atoms with Crippen molar-refractivity contribution in [1.82, 2.24) is 10.2 Å². The Morgan fingerprint density at radius 2 is 2.16 bits per heavy atom. The number of piperidine rings is 1. The minimum absolute atomic E-state index is 0.00519. The zero-order valence-electron chi connectivity index (χ0n) is 11.7. The molecule has 1 atom stereocenters. The second-order valence-corrected chi connectivity index (χ2v) is 4.93. The van der Waals surface area contributed by atoms with Crippen molar-refractivity contribution in [2.45, 2.75) is 25.8 Å². The van der Waals surface area contributed by atoms with Crippen LogP contribution in [-0.4, -0.2) is 43.6 Å². The molecular formula is C15H22N2O2. The number of amides is 1. The van der Waals surface area contributed by atoms with Gasteiger partial charge < -0.3 is 15.0 Å². The molecule has 1 aliphatic heterocycles. The second kappa shape index (κ2) is 6.57. The molecule has 1 amide bonds. The van der Waals surface area contributed by atoms with Crippen molar-refractivity contribution in [2.24, 2.45) is 0 Å². The average molecular weight is 262 g/mol. The molecule has 4 heteroatoms. The molecule has 1 N–H and O–H groups in total. The second-order valence-electron chi connectivity index (χ2n) is 4.93. The quantitative estimate of drug-likeness (QED) is 0.901. The molecule has 0 spiro atoms. The number of nitrogens with zero attached hydrogens (tertiary/aromatic N) is 1. The molecule has 0 saturated carbocycles. The maximum Gasteiger partial charge on any atom is 0.251 e. The molecule has 104 valence electrons. The summed E-state index contributed by atoms with van der Waals surface area (Å²) < 4.78 is 5.09. The third kappa shape index (κ3) is 3.70. The summed E-state index contributed by atoms with van der Waals surface area (Å²) in [6.45, 7) is 5.31. The van der Waals surface area contributed by atoms with E-state index in [9.17, 15) is 4.79 Å². The van der Waals surface area contributed by atoms with Crippen LogP contribution in [0.2, 0.25) is 0 Å². The summed E-state index contributed by atoms with van der Waals surface area (Å²) in [5, 5.41) is 3.12. The fourth-order valence-corrected chi connectivity index (χ4v) is 2.47. The van der Waals surface area contributed by atoms with Crippen LogP contribution in [0.25, 0.3) is 0 Å². The van der Waals surface area contributed by atoms with Gasteiger partial charge in [0.2, 0.25) is 0 Å². The van der Waals surface area contributed by atoms with Gasteiger partial charge in [0.15, 0.2) is 0 Å². The van der Waals surface area contributed by atoms with E-state index >= 15 is 0 Å². The highest BCUT2D eigenvalue weighted by atomic mass is 16.5. The van der Waals surface area contributed by atoms with Gasteiger partial charge in [0.25, 0.3) is 5.91 Å². The predicted molar refractivity (Wildman–Crippen MR) is 75.6 cm³/mol. The van der Waals surface area contributed by atoms with Gasteiger partial charge in [-0.25, -0.2) is 0 Å². The van der Waals surface area contributed by atoms with E-state index in [1.54, 1.807) is 19.2 Å². The molecule has 0 aliphatic carbocycles. The zero-order chi connectivity index (χ0) is 13.7. The van der Waals surface area contributed by atoms with Crippen molar-refractivity contribution in [3.05, 3.63) is 29.8 Å². The lowest BCUT2D eigenvalue weighted by molar-refractivity contribution is 0.0906. The molecule has 1 saturated heterocycles. The van der Waals surface area contributed by atoms with E-state index in [-0.39, 0.29) is 11.9 Å². The SMILES string of the molecule is CCN1CCCC(NC(=O)c2ccc(OC)cc2)C1. The largest absolute Gasteiger partial charge is 0.497 e. The van der Waals surface area contributed by atoms with Gasteiger partial charge in [0.1, 0.15) is 5.75 Å². The summed E-state index contributed by atoms with van der Waals surface area (Å²) in [5.74, 6) is 0.775. The van der Waals surface area contributed by atoms with Crippen molar-refractivity contribution >= 4 is 5.91 Å². The van der Waals surface area contributed by atoms with Crippen LogP contribution in [0.5, 0.6) is 5.75 Å². The fraction of sp³-hybridized carbons (Fsp3) is 0.533. The van der Waals surface area contributed by atoms with Gasteiger partial charge in [-0.15, -0.1) is 0 Å². The van der Waals surface area contributed by atoms with Crippen molar-refractivity contribution in [2.75, 3.05) is 26.7 Å². The average Bonchev–Trinajstić information content (AvgIpc) is 2.47. The molecule has 0 aromatic heterocycles. The molecule has 1 heterocycles.